The van der Waals surface area contributed by atoms with Crippen molar-refractivity contribution in [3.63, 3.8) is 0 Å². The van der Waals surface area contributed by atoms with Crippen LogP contribution in [0.1, 0.15) is 29.6 Å². The number of aromatic nitrogens is 1. The van der Waals surface area contributed by atoms with E-state index in [1.807, 2.05) is 0 Å². The molecule has 2 rings (SSSR count). The number of carbonyl (C=O) groups excluding carboxylic acids is 2. The first-order valence-corrected chi connectivity index (χ1v) is 4.76. The highest BCUT2D eigenvalue weighted by molar-refractivity contribution is 6.11. The van der Waals surface area contributed by atoms with Gasteiger partial charge in [-0.25, -0.2) is 0 Å². The number of ketones is 2. The summed E-state index contributed by atoms with van der Waals surface area (Å²) in [5, 5.41) is 0. The molecule has 1 aromatic heterocycles. The molecule has 14 heavy (non-hydrogen) atoms. The molecule has 1 saturated carbocycles. The van der Waals surface area contributed by atoms with Gasteiger partial charge in [-0.15, -0.1) is 0 Å². The highest BCUT2D eigenvalue weighted by Gasteiger charge is 2.31. The standard InChI is InChI=1S/C11H11NO2/c13-10-3-1-2-9(10)11(14)8-4-6-12-7-5-8/h4-7,9H,1-3H2. The van der Waals surface area contributed by atoms with E-state index in [1.165, 1.54) is 0 Å². The second-order valence-electron chi connectivity index (χ2n) is 3.51. The predicted molar refractivity (Wildman–Crippen MR) is 50.9 cm³/mol. The zero-order valence-electron chi connectivity index (χ0n) is 7.77. The monoisotopic (exact) mass is 189 g/mol. The Kier molecular flexibility index (Phi) is 2.39. The van der Waals surface area contributed by atoms with E-state index in [-0.39, 0.29) is 11.6 Å². The second-order valence-corrected chi connectivity index (χ2v) is 3.51. The van der Waals surface area contributed by atoms with Crippen molar-refractivity contribution in [3.8, 4) is 0 Å². The third kappa shape index (κ3) is 1.58. The first-order chi connectivity index (χ1) is 6.79. The van der Waals surface area contributed by atoms with E-state index in [1.54, 1.807) is 24.5 Å². The molecule has 1 aliphatic carbocycles. The zero-order chi connectivity index (χ0) is 9.97. The van der Waals surface area contributed by atoms with E-state index < -0.39 is 5.92 Å². The van der Waals surface area contributed by atoms with Crippen molar-refractivity contribution in [2.75, 3.05) is 0 Å². The molecule has 1 atom stereocenters. The molecule has 0 radical (unpaired) electrons. The summed E-state index contributed by atoms with van der Waals surface area (Å²) in [4.78, 5) is 27.0. The van der Waals surface area contributed by atoms with E-state index >= 15 is 0 Å². The Morgan fingerprint density at radius 1 is 1.36 bits per heavy atom. The molecule has 1 aromatic rings. The van der Waals surface area contributed by atoms with Crippen molar-refractivity contribution in [2.45, 2.75) is 19.3 Å². The minimum Gasteiger partial charge on any atom is -0.299 e. The Morgan fingerprint density at radius 2 is 2.07 bits per heavy atom. The van der Waals surface area contributed by atoms with Gasteiger partial charge in [-0.2, -0.15) is 0 Å². The van der Waals surface area contributed by atoms with Gasteiger partial charge < -0.3 is 0 Å². The minimum absolute atomic E-state index is 0.0464. The van der Waals surface area contributed by atoms with Crippen LogP contribution in [-0.4, -0.2) is 16.6 Å². The molecule has 3 nitrogen and oxygen atoms in total. The van der Waals surface area contributed by atoms with Crippen molar-refractivity contribution >= 4 is 11.6 Å². The maximum atomic E-state index is 11.8. The van der Waals surface area contributed by atoms with Gasteiger partial charge in [0.15, 0.2) is 5.78 Å². The third-order valence-corrected chi connectivity index (χ3v) is 2.59. The molecule has 1 unspecified atom stereocenters. The highest BCUT2D eigenvalue weighted by Crippen LogP contribution is 2.24. The van der Waals surface area contributed by atoms with Crippen molar-refractivity contribution in [3.05, 3.63) is 30.1 Å². The Bertz CT molecular complexity index is 359. The molecular formula is C11H11NO2. The van der Waals surface area contributed by atoms with Gasteiger partial charge in [0.05, 0.1) is 5.92 Å². The SMILES string of the molecule is O=C1CCCC1C(=O)c1ccncc1. The summed E-state index contributed by atoms with van der Waals surface area (Å²) in [5.41, 5.74) is 0.597. The van der Waals surface area contributed by atoms with Gasteiger partial charge in [0.25, 0.3) is 0 Å². The number of pyridine rings is 1. The van der Waals surface area contributed by atoms with Crippen molar-refractivity contribution < 1.29 is 9.59 Å². The quantitative estimate of drug-likeness (QED) is 0.524. The van der Waals surface area contributed by atoms with E-state index in [0.29, 0.717) is 18.4 Å². The average molecular weight is 189 g/mol. The Labute approximate surface area is 82.2 Å². The lowest BCUT2D eigenvalue weighted by molar-refractivity contribution is -0.119. The van der Waals surface area contributed by atoms with Crippen LogP contribution in [0, 0.1) is 5.92 Å². The summed E-state index contributed by atoms with van der Waals surface area (Å²) in [7, 11) is 0. The number of carbonyl (C=O) groups is 2. The number of Topliss-reactive ketones (excluding diaryl/α,β-unsaturated/α-hetero) is 2. The predicted octanol–water partition coefficient (Wildman–Crippen LogP) is 1.63. The molecule has 72 valence electrons. The largest absolute Gasteiger partial charge is 0.299 e. The van der Waals surface area contributed by atoms with Crippen LogP contribution in [-0.2, 0) is 4.79 Å². The maximum Gasteiger partial charge on any atom is 0.173 e. The number of hydrogen-bond acceptors (Lipinski definition) is 3. The molecular weight excluding hydrogens is 178 g/mol. The fourth-order valence-electron chi connectivity index (χ4n) is 1.81. The molecule has 0 amide bonds. The first kappa shape index (κ1) is 9.06. The van der Waals surface area contributed by atoms with Gasteiger partial charge >= 0.3 is 0 Å². The Hall–Kier alpha value is -1.51. The number of hydrogen-bond donors (Lipinski definition) is 0. The Morgan fingerprint density at radius 3 is 2.64 bits per heavy atom. The summed E-state index contributed by atoms with van der Waals surface area (Å²) >= 11 is 0. The number of rotatable bonds is 2. The molecule has 1 heterocycles. The maximum absolute atomic E-state index is 11.8. The fourth-order valence-corrected chi connectivity index (χ4v) is 1.81. The van der Waals surface area contributed by atoms with E-state index in [2.05, 4.69) is 4.98 Å². The van der Waals surface area contributed by atoms with Crippen LogP contribution in [0.4, 0.5) is 0 Å². The molecule has 0 aromatic carbocycles. The third-order valence-electron chi connectivity index (χ3n) is 2.59. The lowest BCUT2D eigenvalue weighted by atomic mass is 9.96. The van der Waals surface area contributed by atoms with Crippen LogP contribution in [0.5, 0.6) is 0 Å². The van der Waals surface area contributed by atoms with Gasteiger partial charge in [-0.05, 0) is 25.0 Å². The minimum atomic E-state index is -0.391. The van der Waals surface area contributed by atoms with Crippen LogP contribution in [0.2, 0.25) is 0 Å². The molecule has 1 aliphatic rings. The summed E-state index contributed by atoms with van der Waals surface area (Å²) in [6.07, 6.45) is 5.27. The van der Waals surface area contributed by atoms with Crippen LogP contribution < -0.4 is 0 Å². The second kappa shape index (κ2) is 3.70. The molecule has 0 aliphatic heterocycles. The lowest BCUT2D eigenvalue weighted by Gasteiger charge is -2.05. The van der Waals surface area contributed by atoms with Crippen molar-refractivity contribution in [1.82, 2.24) is 4.98 Å². The van der Waals surface area contributed by atoms with Crippen LogP contribution in [0.25, 0.3) is 0 Å². The Balaban J connectivity index is 2.20. The summed E-state index contributed by atoms with van der Waals surface area (Å²) in [5.74, 6) is -0.348. The van der Waals surface area contributed by atoms with E-state index in [9.17, 15) is 9.59 Å². The van der Waals surface area contributed by atoms with Gasteiger partial charge in [0.1, 0.15) is 5.78 Å². The summed E-state index contributed by atoms with van der Waals surface area (Å²) in [6.45, 7) is 0. The highest BCUT2D eigenvalue weighted by atomic mass is 16.2. The van der Waals surface area contributed by atoms with Crippen molar-refractivity contribution in [1.29, 1.82) is 0 Å². The molecule has 3 heteroatoms. The summed E-state index contributed by atoms with van der Waals surface area (Å²) < 4.78 is 0. The molecule has 0 bridgehead atoms. The molecule has 0 N–H and O–H groups in total. The van der Waals surface area contributed by atoms with Crippen molar-refractivity contribution in [2.24, 2.45) is 5.92 Å². The first-order valence-electron chi connectivity index (χ1n) is 4.76. The molecule has 0 saturated heterocycles. The average Bonchev–Trinajstić information content (AvgIpc) is 2.65. The van der Waals surface area contributed by atoms with Gasteiger partial charge in [-0.1, -0.05) is 0 Å². The normalized spacial score (nSPS) is 21.1. The summed E-state index contributed by atoms with van der Waals surface area (Å²) in [6, 6.07) is 3.32. The van der Waals surface area contributed by atoms with Crippen LogP contribution in [0.15, 0.2) is 24.5 Å². The topological polar surface area (TPSA) is 47.0 Å². The molecule has 0 spiro atoms. The lowest BCUT2D eigenvalue weighted by Crippen LogP contribution is -2.18. The van der Waals surface area contributed by atoms with E-state index in [0.717, 1.165) is 6.42 Å². The van der Waals surface area contributed by atoms with Gasteiger partial charge in [0.2, 0.25) is 0 Å². The molecule has 1 fully saturated rings. The van der Waals surface area contributed by atoms with Crippen LogP contribution in [0.3, 0.4) is 0 Å². The smallest absolute Gasteiger partial charge is 0.173 e. The van der Waals surface area contributed by atoms with E-state index in [4.69, 9.17) is 0 Å². The zero-order valence-corrected chi connectivity index (χ0v) is 7.77. The van der Waals surface area contributed by atoms with Gasteiger partial charge in [0, 0.05) is 24.4 Å². The van der Waals surface area contributed by atoms with Crippen LogP contribution >= 0.6 is 0 Å². The van der Waals surface area contributed by atoms with Gasteiger partial charge in [-0.3, -0.25) is 14.6 Å². The number of nitrogens with zero attached hydrogens (tertiary/aromatic N) is 1. The fraction of sp³-hybridized carbons (Fsp3) is 0.364.